The van der Waals surface area contributed by atoms with Gasteiger partial charge >= 0.3 is 0 Å². The minimum Gasteiger partial charge on any atom is -0.484 e. The number of aryl methyl sites for hydroxylation is 2. The highest BCUT2D eigenvalue weighted by Gasteiger charge is 2.09. The van der Waals surface area contributed by atoms with E-state index in [4.69, 9.17) is 33.3 Å². The summed E-state index contributed by atoms with van der Waals surface area (Å²) in [5.41, 5.74) is 6.70. The molecule has 0 radical (unpaired) electrons. The molecule has 0 atom stereocenters. The van der Waals surface area contributed by atoms with Crippen molar-refractivity contribution >= 4 is 40.7 Å². The molecule has 7 nitrogen and oxygen atoms in total. The van der Waals surface area contributed by atoms with Crippen LogP contribution in [-0.2, 0) is 9.59 Å². The first kappa shape index (κ1) is 21.5. The van der Waals surface area contributed by atoms with Gasteiger partial charge in [-0.2, -0.15) is 0 Å². The second-order valence-corrected chi connectivity index (χ2v) is 6.70. The zero-order valence-corrected chi connectivity index (χ0v) is 16.9. The molecule has 0 fully saturated rings. The summed E-state index contributed by atoms with van der Waals surface area (Å²) in [5.74, 6) is 0.198. The first-order valence-electron chi connectivity index (χ1n) is 8.30. The van der Waals surface area contributed by atoms with E-state index in [-0.39, 0.29) is 18.3 Å². The van der Waals surface area contributed by atoms with Crippen LogP contribution in [-0.4, -0.2) is 30.1 Å². The maximum absolute atomic E-state index is 11.9. The van der Waals surface area contributed by atoms with Crippen LogP contribution in [0.3, 0.4) is 0 Å². The average molecular weight is 422 g/mol. The third-order valence-corrected chi connectivity index (χ3v) is 3.91. The molecule has 28 heavy (non-hydrogen) atoms. The fourth-order valence-electron chi connectivity index (χ4n) is 2.04. The summed E-state index contributed by atoms with van der Waals surface area (Å²) in [5, 5.41) is 2.92. The molecule has 2 rings (SSSR count). The number of ether oxygens (including phenoxy) is 2. The molecule has 0 aliphatic rings. The van der Waals surface area contributed by atoms with Gasteiger partial charge in [-0.1, -0.05) is 23.7 Å². The van der Waals surface area contributed by atoms with Crippen molar-refractivity contribution < 1.29 is 19.1 Å². The minimum absolute atomic E-state index is 0.0607. The standard InChI is InChI=1S/C19H20ClN3O4S/c1-12-3-4-13(2)16(9-12)27-10-17(24)21-19(28)23-22-18(25)11-26-15-7-5-14(20)6-8-15/h3-9H,10-11H2,1-2H3,(H,22,25)(H2,21,23,24,28). The number of carbonyl (C=O) groups is 2. The Morgan fingerprint density at radius 1 is 0.964 bits per heavy atom. The Balaban J connectivity index is 1.66. The zero-order chi connectivity index (χ0) is 20.5. The molecule has 0 aliphatic carbocycles. The van der Waals surface area contributed by atoms with Gasteiger partial charge in [-0.3, -0.25) is 25.8 Å². The van der Waals surface area contributed by atoms with E-state index in [2.05, 4.69) is 16.2 Å². The zero-order valence-electron chi connectivity index (χ0n) is 15.4. The van der Waals surface area contributed by atoms with Crippen LogP contribution in [0.15, 0.2) is 42.5 Å². The van der Waals surface area contributed by atoms with Crippen molar-refractivity contribution in [3.63, 3.8) is 0 Å². The van der Waals surface area contributed by atoms with E-state index in [1.807, 2.05) is 32.0 Å². The van der Waals surface area contributed by atoms with Gasteiger partial charge in [-0.05, 0) is 67.5 Å². The molecule has 0 unspecified atom stereocenters. The number of benzene rings is 2. The molecule has 2 aromatic rings. The van der Waals surface area contributed by atoms with Crippen LogP contribution in [0.2, 0.25) is 5.02 Å². The Labute approximate surface area is 173 Å². The van der Waals surface area contributed by atoms with E-state index in [9.17, 15) is 9.59 Å². The number of carbonyl (C=O) groups excluding carboxylic acids is 2. The summed E-state index contributed by atoms with van der Waals surface area (Å²) in [6.07, 6.45) is 0. The smallest absolute Gasteiger partial charge is 0.276 e. The Morgan fingerprint density at radius 2 is 1.64 bits per heavy atom. The van der Waals surface area contributed by atoms with Gasteiger partial charge in [0.05, 0.1) is 0 Å². The quantitative estimate of drug-likeness (QED) is 0.490. The lowest BCUT2D eigenvalue weighted by molar-refractivity contribution is -0.124. The second kappa shape index (κ2) is 10.5. The fourth-order valence-corrected chi connectivity index (χ4v) is 2.33. The van der Waals surface area contributed by atoms with Gasteiger partial charge in [0, 0.05) is 5.02 Å². The van der Waals surface area contributed by atoms with Crippen molar-refractivity contribution in [2.24, 2.45) is 0 Å². The van der Waals surface area contributed by atoms with Gasteiger partial charge < -0.3 is 9.47 Å². The number of hydrogen-bond donors (Lipinski definition) is 3. The van der Waals surface area contributed by atoms with Crippen molar-refractivity contribution in [2.75, 3.05) is 13.2 Å². The molecule has 9 heteroatoms. The average Bonchev–Trinajstić information content (AvgIpc) is 2.66. The van der Waals surface area contributed by atoms with E-state index < -0.39 is 11.8 Å². The summed E-state index contributed by atoms with van der Waals surface area (Å²) >= 11 is 10.7. The first-order valence-corrected chi connectivity index (χ1v) is 9.09. The molecule has 0 heterocycles. The van der Waals surface area contributed by atoms with Crippen molar-refractivity contribution in [3.05, 3.63) is 58.6 Å². The number of hydrogen-bond acceptors (Lipinski definition) is 5. The highest BCUT2D eigenvalue weighted by molar-refractivity contribution is 7.80. The van der Waals surface area contributed by atoms with Gasteiger partial charge in [0.15, 0.2) is 18.3 Å². The van der Waals surface area contributed by atoms with Crippen molar-refractivity contribution in [1.82, 2.24) is 16.2 Å². The molecule has 2 amide bonds. The topological polar surface area (TPSA) is 88.7 Å². The third kappa shape index (κ3) is 7.42. The molecule has 0 saturated carbocycles. The Morgan fingerprint density at radius 3 is 2.36 bits per heavy atom. The van der Waals surface area contributed by atoms with Gasteiger partial charge in [0.25, 0.3) is 11.8 Å². The summed E-state index contributed by atoms with van der Waals surface area (Å²) in [6, 6.07) is 12.3. The van der Waals surface area contributed by atoms with E-state index in [0.29, 0.717) is 16.5 Å². The highest BCUT2D eigenvalue weighted by atomic mass is 35.5. The number of amides is 2. The Bertz CT molecular complexity index is 859. The minimum atomic E-state index is -0.474. The predicted octanol–water partition coefficient (Wildman–Crippen LogP) is 2.44. The van der Waals surface area contributed by atoms with Crippen LogP contribution in [0, 0.1) is 13.8 Å². The molecule has 0 aromatic heterocycles. The molecular weight excluding hydrogens is 402 g/mol. The Hall–Kier alpha value is -2.84. The SMILES string of the molecule is Cc1ccc(C)c(OCC(=O)NC(=S)NNC(=O)COc2ccc(Cl)cc2)c1. The second-order valence-electron chi connectivity index (χ2n) is 5.85. The molecule has 0 aliphatic heterocycles. The summed E-state index contributed by atoms with van der Waals surface area (Å²) in [7, 11) is 0. The number of rotatable bonds is 6. The summed E-state index contributed by atoms with van der Waals surface area (Å²) < 4.78 is 10.8. The molecule has 3 N–H and O–H groups in total. The van der Waals surface area contributed by atoms with E-state index in [1.165, 1.54) is 0 Å². The molecular formula is C19H20ClN3O4S. The van der Waals surface area contributed by atoms with Crippen LogP contribution in [0.4, 0.5) is 0 Å². The van der Waals surface area contributed by atoms with E-state index >= 15 is 0 Å². The normalized spacial score (nSPS) is 9.96. The van der Waals surface area contributed by atoms with Gasteiger partial charge in [0.1, 0.15) is 11.5 Å². The van der Waals surface area contributed by atoms with Gasteiger partial charge in [-0.25, -0.2) is 0 Å². The largest absolute Gasteiger partial charge is 0.484 e. The van der Waals surface area contributed by atoms with Crippen molar-refractivity contribution in [1.29, 1.82) is 0 Å². The van der Waals surface area contributed by atoms with Crippen LogP contribution in [0.1, 0.15) is 11.1 Å². The van der Waals surface area contributed by atoms with Crippen LogP contribution in [0.5, 0.6) is 11.5 Å². The van der Waals surface area contributed by atoms with Crippen LogP contribution in [0.25, 0.3) is 0 Å². The maximum Gasteiger partial charge on any atom is 0.276 e. The molecule has 148 valence electrons. The molecule has 0 bridgehead atoms. The highest BCUT2D eigenvalue weighted by Crippen LogP contribution is 2.18. The van der Waals surface area contributed by atoms with Crippen molar-refractivity contribution in [3.8, 4) is 11.5 Å². The summed E-state index contributed by atoms with van der Waals surface area (Å²) in [6.45, 7) is 3.38. The lowest BCUT2D eigenvalue weighted by atomic mass is 10.1. The van der Waals surface area contributed by atoms with Crippen LogP contribution >= 0.6 is 23.8 Å². The number of nitrogens with one attached hydrogen (secondary N) is 3. The molecule has 0 saturated heterocycles. The monoisotopic (exact) mass is 421 g/mol. The predicted molar refractivity (Wildman–Crippen MR) is 110 cm³/mol. The third-order valence-electron chi connectivity index (χ3n) is 3.45. The van der Waals surface area contributed by atoms with Crippen molar-refractivity contribution in [2.45, 2.75) is 13.8 Å². The molecule has 2 aromatic carbocycles. The lowest BCUT2D eigenvalue weighted by Gasteiger charge is -2.13. The first-order chi connectivity index (χ1) is 13.3. The number of halogens is 1. The summed E-state index contributed by atoms with van der Waals surface area (Å²) in [4.78, 5) is 23.6. The lowest BCUT2D eigenvalue weighted by Crippen LogP contribution is -2.50. The van der Waals surface area contributed by atoms with Gasteiger partial charge in [-0.15, -0.1) is 0 Å². The number of hydrazine groups is 1. The fraction of sp³-hybridized carbons (Fsp3) is 0.211. The van der Waals surface area contributed by atoms with E-state index in [1.54, 1.807) is 24.3 Å². The van der Waals surface area contributed by atoms with Gasteiger partial charge in [0.2, 0.25) is 0 Å². The maximum atomic E-state index is 11.9. The molecule has 0 spiro atoms. The van der Waals surface area contributed by atoms with E-state index in [0.717, 1.165) is 11.1 Å². The number of thiocarbonyl (C=S) groups is 1. The van der Waals surface area contributed by atoms with Crippen LogP contribution < -0.4 is 25.6 Å². The Kier molecular flexibility index (Phi) is 8.03.